The average molecular weight is 514 g/mol. The molecule has 0 spiro atoms. The molecule has 3 aromatic rings. The van der Waals surface area contributed by atoms with Crippen LogP contribution < -0.4 is 11.1 Å². The maximum atomic E-state index is 12.4. The summed E-state index contributed by atoms with van der Waals surface area (Å²) in [4.78, 5) is 30.0. The molecule has 192 valence electrons. The van der Waals surface area contributed by atoms with Gasteiger partial charge in [0.05, 0.1) is 23.2 Å². The summed E-state index contributed by atoms with van der Waals surface area (Å²) in [5.74, 6) is -1.48. The molecular formula is C23H20F6N4O3. The molecule has 0 radical (unpaired) electrons. The molecule has 2 aromatic carbocycles. The molecule has 0 fully saturated rings. The summed E-state index contributed by atoms with van der Waals surface area (Å²) < 4.78 is 74.3. The van der Waals surface area contributed by atoms with Gasteiger partial charge < -0.3 is 16.2 Å². The molecule has 0 saturated carbocycles. The fourth-order valence-electron chi connectivity index (χ4n) is 2.96. The number of alkyl halides is 6. The minimum Gasteiger partial charge on any atom is -0.478 e. The highest BCUT2D eigenvalue weighted by atomic mass is 19.4. The molecule has 0 aliphatic carbocycles. The Kier molecular flexibility index (Phi) is 9.11. The van der Waals surface area contributed by atoms with E-state index in [2.05, 4.69) is 15.3 Å². The maximum absolute atomic E-state index is 12.4. The van der Waals surface area contributed by atoms with Crippen LogP contribution in [-0.2, 0) is 30.1 Å². The molecular weight excluding hydrogens is 494 g/mol. The molecule has 3 rings (SSSR count). The molecule has 0 saturated heterocycles. The van der Waals surface area contributed by atoms with Crippen LogP contribution in [0.4, 0.5) is 26.3 Å². The molecule has 0 bridgehead atoms. The van der Waals surface area contributed by atoms with Crippen LogP contribution in [0.3, 0.4) is 0 Å². The zero-order valence-corrected chi connectivity index (χ0v) is 18.6. The fraction of sp³-hybridized carbons (Fsp3) is 0.217. The standard InChI is InChI=1S/C13H11N3O3.C10H9F6N/c14-10(17)6-11-15-7-9(13(18)19)12(16-11)8-4-2-1-3-5-8;1-17-5-6-2-7(9(11,12)13)4-8(3-6)10(14,15)16/h1-5,7H,6H2,(H2,14,17)(H,18,19);2-4,17H,5H2,1H3. The molecule has 0 unspecified atom stereocenters. The monoisotopic (exact) mass is 514 g/mol. The Hall–Kier alpha value is -4.00. The number of amides is 1. The first-order valence-electron chi connectivity index (χ1n) is 10.1. The van der Waals surface area contributed by atoms with E-state index in [1.54, 1.807) is 24.3 Å². The Morgan fingerprint density at radius 1 is 0.972 bits per heavy atom. The Labute approximate surface area is 201 Å². The largest absolute Gasteiger partial charge is 0.478 e. The first-order chi connectivity index (χ1) is 16.7. The SMILES string of the molecule is CNCc1cc(C(F)(F)F)cc(C(F)(F)F)c1.NC(=O)Cc1ncc(C(=O)O)c(-c2ccccc2)n1. The van der Waals surface area contributed by atoms with Crippen molar-refractivity contribution in [1.82, 2.24) is 15.3 Å². The van der Waals surface area contributed by atoms with E-state index in [9.17, 15) is 35.9 Å². The van der Waals surface area contributed by atoms with Gasteiger partial charge in [0, 0.05) is 18.3 Å². The van der Waals surface area contributed by atoms with Crippen molar-refractivity contribution in [2.24, 2.45) is 5.73 Å². The number of nitrogens with one attached hydrogen (secondary N) is 1. The summed E-state index contributed by atoms with van der Waals surface area (Å²) in [6, 6.07) is 10.4. The Balaban J connectivity index is 0.000000255. The summed E-state index contributed by atoms with van der Waals surface area (Å²) in [5.41, 5.74) is 3.34. The first kappa shape index (κ1) is 28.2. The third-order valence-electron chi connectivity index (χ3n) is 4.48. The van der Waals surface area contributed by atoms with Gasteiger partial charge in [-0.3, -0.25) is 4.79 Å². The first-order valence-corrected chi connectivity index (χ1v) is 10.1. The van der Waals surface area contributed by atoms with Crippen LogP contribution in [0.15, 0.2) is 54.7 Å². The number of rotatable bonds is 6. The summed E-state index contributed by atoms with van der Waals surface area (Å²) in [6.07, 6.45) is -8.51. The third-order valence-corrected chi connectivity index (χ3v) is 4.48. The quantitative estimate of drug-likeness (QED) is 0.422. The number of nitrogens with zero attached hydrogens (tertiary/aromatic N) is 2. The Bertz CT molecular complexity index is 1180. The number of hydrogen-bond donors (Lipinski definition) is 3. The van der Waals surface area contributed by atoms with Crippen molar-refractivity contribution in [3.05, 3.63) is 82.8 Å². The van der Waals surface area contributed by atoms with Crippen LogP contribution in [0.5, 0.6) is 0 Å². The minimum atomic E-state index is -4.79. The molecule has 7 nitrogen and oxygen atoms in total. The predicted molar refractivity (Wildman–Crippen MR) is 117 cm³/mol. The second-order valence-corrected chi connectivity index (χ2v) is 7.31. The van der Waals surface area contributed by atoms with E-state index in [-0.39, 0.29) is 41.7 Å². The van der Waals surface area contributed by atoms with Crippen molar-refractivity contribution in [2.45, 2.75) is 25.3 Å². The highest BCUT2D eigenvalue weighted by Crippen LogP contribution is 2.36. The Morgan fingerprint density at radius 2 is 1.53 bits per heavy atom. The third kappa shape index (κ3) is 8.05. The molecule has 13 heteroatoms. The van der Waals surface area contributed by atoms with Gasteiger partial charge in [-0.1, -0.05) is 30.3 Å². The predicted octanol–water partition coefficient (Wildman–Crippen LogP) is 4.31. The van der Waals surface area contributed by atoms with Crippen LogP contribution in [0.25, 0.3) is 11.3 Å². The topological polar surface area (TPSA) is 118 Å². The van der Waals surface area contributed by atoms with Gasteiger partial charge in [-0.15, -0.1) is 0 Å². The summed E-state index contributed by atoms with van der Waals surface area (Å²) in [5, 5.41) is 11.6. The van der Waals surface area contributed by atoms with Crippen LogP contribution in [0, 0.1) is 0 Å². The van der Waals surface area contributed by atoms with Gasteiger partial charge in [-0.05, 0) is 30.8 Å². The summed E-state index contributed by atoms with van der Waals surface area (Å²) in [7, 11) is 1.44. The fourth-order valence-corrected chi connectivity index (χ4v) is 2.96. The van der Waals surface area contributed by atoms with E-state index in [1.807, 2.05) is 6.07 Å². The van der Waals surface area contributed by atoms with Crippen molar-refractivity contribution >= 4 is 11.9 Å². The minimum absolute atomic E-state index is 0.0144. The van der Waals surface area contributed by atoms with Gasteiger partial charge in [0.15, 0.2) is 0 Å². The second kappa shape index (κ2) is 11.6. The van der Waals surface area contributed by atoms with Gasteiger partial charge in [0.2, 0.25) is 5.91 Å². The number of halogens is 6. The number of aromatic nitrogens is 2. The highest BCUT2D eigenvalue weighted by molar-refractivity contribution is 5.94. The van der Waals surface area contributed by atoms with E-state index in [4.69, 9.17) is 10.8 Å². The second-order valence-electron chi connectivity index (χ2n) is 7.31. The van der Waals surface area contributed by atoms with Crippen molar-refractivity contribution < 1.29 is 41.0 Å². The van der Waals surface area contributed by atoms with Crippen LogP contribution in [-0.4, -0.2) is 34.0 Å². The van der Waals surface area contributed by atoms with E-state index in [1.165, 1.54) is 13.2 Å². The van der Waals surface area contributed by atoms with Gasteiger partial charge in [0.25, 0.3) is 0 Å². The van der Waals surface area contributed by atoms with Gasteiger partial charge in [-0.25, -0.2) is 14.8 Å². The number of primary amides is 1. The number of carbonyl (C=O) groups is 2. The van der Waals surface area contributed by atoms with Crippen LogP contribution >= 0.6 is 0 Å². The Morgan fingerprint density at radius 3 is 1.97 bits per heavy atom. The molecule has 1 amide bonds. The van der Waals surface area contributed by atoms with Gasteiger partial charge in [0.1, 0.15) is 11.4 Å². The number of benzene rings is 2. The molecule has 0 atom stereocenters. The van der Waals surface area contributed by atoms with Gasteiger partial charge >= 0.3 is 18.3 Å². The van der Waals surface area contributed by atoms with Crippen LogP contribution in [0.2, 0.25) is 0 Å². The molecule has 1 heterocycles. The number of carbonyl (C=O) groups excluding carboxylic acids is 1. The highest BCUT2D eigenvalue weighted by Gasteiger charge is 2.36. The summed E-state index contributed by atoms with van der Waals surface area (Å²) in [6.45, 7) is -0.0625. The normalized spacial score (nSPS) is 11.4. The number of aromatic carboxylic acids is 1. The number of hydrogen-bond acceptors (Lipinski definition) is 5. The molecule has 0 aliphatic heterocycles. The van der Waals surface area contributed by atoms with Crippen LogP contribution in [0.1, 0.15) is 32.9 Å². The number of carboxylic acid groups (broad SMARTS) is 1. The summed E-state index contributed by atoms with van der Waals surface area (Å²) >= 11 is 0. The van der Waals surface area contributed by atoms with E-state index >= 15 is 0 Å². The van der Waals surface area contributed by atoms with E-state index < -0.39 is 35.4 Å². The average Bonchev–Trinajstić information content (AvgIpc) is 2.78. The van der Waals surface area contributed by atoms with Crippen molar-refractivity contribution in [3.8, 4) is 11.3 Å². The molecule has 4 N–H and O–H groups in total. The van der Waals surface area contributed by atoms with Gasteiger partial charge in [-0.2, -0.15) is 26.3 Å². The maximum Gasteiger partial charge on any atom is 0.416 e. The smallest absolute Gasteiger partial charge is 0.416 e. The van der Waals surface area contributed by atoms with E-state index in [0.29, 0.717) is 17.7 Å². The zero-order valence-electron chi connectivity index (χ0n) is 18.6. The molecule has 36 heavy (non-hydrogen) atoms. The van der Waals surface area contributed by atoms with E-state index in [0.717, 1.165) is 0 Å². The number of carboxylic acids is 1. The lowest BCUT2D eigenvalue weighted by molar-refractivity contribution is -0.143. The lowest BCUT2D eigenvalue weighted by Gasteiger charge is -2.13. The molecule has 1 aromatic heterocycles. The van der Waals surface area contributed by atoms with Crippen molar-refractivity contribution in [1.29, 1.82) is 0 Å². The molecule has 0 aliphatic rings. The van der Waals surface area contributed by atoms with Crippen molar-refractivity contribution in [3.63, 3.8) is 0 Å². The lowest BCUT2D eigenvalue weighted by atomic mass is 10.0. The zero-order chi connectivity index (χ0) is 27.1. The number of nitrogens with two attached hydrogens (primary N) is 1. The van der Waals surface area contributed by atoms with Crippen molar-refractivity contribution in [2.75, 3.05) is 7.05 Å². The lowest BCUT2D eigenvalue weighted by Crippen LogP contribution is -2.16.